The molecule has 1 heterocycles. The van der Waals surface area contributed by atoms with E-state index in [1.165, 1.54) is 0 Å². The summed E-state index contributed by atoms with van der Waals surface area (Å²) < 4.78 is 6.99. The molecule has 0 saturated heterocycles. The van der Waals surface area contributed by atoms with Gasteiger partial charge < -0.3 is 10.1 Å². The summed E-state index contributed by atoms with van der Waals surface area (Å²) in [6, 6.07) is 17.3. The first-order chi connectivity index (χ1) is 12.2. The minimum absolute atomic E-state index is 0.206. The molecule has 0 aliphatic rings. The first-order valence-corrected chi connectivity index (χ1v) is 8.05. The van der Waals surface area contributed by atoms with Crippen LogP contribution in [0, 0.1) is 0 Å². The number of aromatic nitrogens is 3. The monoisotopic (exact) mass is 336 g/mol. The standard InChI is InChI=1S/C19H20N4O2/c1-14(16-10-6-7-11-18(16)25-2)20-19(24)17-13-23(22-21-17)12-15-8-4-3-5-9-15/h3-11,13-14H,12H2,1-2H3,(H,20,24)/t14-/m1/s1. The summed E-state index contributed by atoms with van der Waals surface area (Å²) in [7, 11) is 1.61. The highest BCUT2D eigenvalue weighted by Gasteiger charge is 2.17. The Morgan fingerprint density at radius 1 is 1.16 bits per heavy atom. The molecule has 25 heavy (non-hydrogen) atoms. The number of carbonyl (C=O) groups excluding carboxylic acids is 1. The molecule has 0 saturated carbocycles. The lowest BCUT2D eigenvalue weighted by atomic mass is 10.1. The maximum absolute atomic E-state index is 12.4. The molecule has 1 N–H and O–H groups in total. The van der Waals surface area contributed by atoms with E-state index in [-0.39, 0.29) is 17.6 Å². The molecule has 0 radical (unpaired) electrons. The number of para-hydroxylation sites is 1. The van der Waals surface area contributed by atoms with Gasteiger partial charge in [0, 0.05) is 5.56 Å². The van der Waals surface area contributed by atoms with E-state index in [9.17, 15) is 4.79 Å². The molecule has 0 unspecified atom stereocenters. The average Bonchev–Trinajstić information content (AvgIpc) is 3.11. The molecule has 128 valence electrons. The molecule has 6 heteroatoms. The second-order valence-electron chi connectivity index (χ2n) is 5.72. The summed E-state index contributed by atoms with van der Waals surface area (Å²) in [5, 5.41) is 10.9. The zero-order valence-electron chi connectivity index (χ0n) is 14.2. The van der Waals surface area contributed by atoms with Crippen LogP contribution in [-0.4, -0.2) is 28.0 Å². The number of rotatable bonds is 6. The molecule has 3 rings (SSSR count). The maximum Gasteiger partial charge on any atom is 0.273 e. The number of benzene rings is 2. The van der Waals surface area contributed by atoms with Gasteiger partial charge in [0.1, 0.15) is 5.75 Å². The molecule has 3 aromatic rings. The van der Waals surface area contributed by atoms with Gasteiger partial charge in [-0.15, -0.1) is 5.10 Å². The molecule has 0 aliphatic heterocycles. The third-order valence-electron chi connectivity index (χ3n) is 3.91. The number of methoxy groups -OCH3 is 1. The van der Waals surface area contributed by atoms with Crippen molar-refractivity contribution in [3.8, 4) is 5.75 Å². The lowest BCUT2D eigenvalue weighted by Gasteiger charge is -2.16. The van der Waals surface area contributed by atoms with Crippen LogP contribution in [0.3, 0.4) is 0 Å². The summed E-state index contributed by atoms with van der Waals surface area (Å²) in [5.74, 6) is 0.473. The fourth-order valence-corrected chi connectivity index (χ4v) is 2.62. The van der Waals surface area contributed by atoms with Crippen molar-refractivity contribution < 1.29 is 9.53 Å². The third-order valence-corrected chi connectivity index (χ3v) is 3.91. The largest absolute Gasteiger partial charge is 0.496 e. The summed E-state index contributed by atoms with van der Waals surface area (Å²) in [6.07, 6.45) is 1.65. The van der Waals surface area contributed by atoms with E-state index in [2.05, 4.69) is 15.6 Å². The number of nitrogens with one attached hydrogen (secondary N) is 1. The van der Waals surface area contributed by atoms with Crippen LogP contribution in [0.25, 0.3) is 0 Å². The molecule has 1 atom stereocenters. The highest BCUT2D eigenvalue weighted by Crippen LogP contribution is 2.24. The third kappa shape index (κ3) is 4.03. The summed E-state index contributed by atoms with van der Waals surface area (Å²) in [6.45, 7) is 2.48. The van der Waals surface area contributed by atoms with Crippen molar-refractivity contribution in [2.75, 3.05) is 7.11 Å². The number of amides is 1. The fourth-order valence-electron chi connectivity index (χ4n) is 2.62. The molecular weight excluding hydrogens is 316 g/mol. The van der Waals surface area contributed by atoms with E-state index in [1.54, 1.807) is 18.0 Å². The van der Waals surface area contributed by atoms with Crippen molar-refractivity contribution in [2.24, 2.45) is 0 Å². The van der Waals surface area contributed by atoms with Crippen LogP contribution in [0.2, 0.25) is 0 Å². The second kappa shape index (κ2) is 7.61. The highest BCUT2D eigenvalue weighted by atomic mass is 16.5. The Morgan fingerprint density at radius 3 is 2.64 bits per heavy atom. The van der Waals surface area contributed by atoms with Crippen molar-refractivity contribution in [3.05, 3.63) is 77.6 Å². The molecule has 0 bridgehead atoms. The van der Waals surface area contributed by atoms with Crippen molar-refractivity contribution in [2.45, 2.75) is 19.5 Å². The van der Waals surface area contributed by atoms with Gasteiger partial charge in [-0.25, -0.2) is 4.68 Å². The highest BCUT2D eigenvalue weighted by molar-refractivity contribution is 5.92. The van der Waals surface area contributed by atoms with Gasteiger partial charge in [-0.1, -0.05) is 53.7 Å². The Bertz CT molecular complexity index is 845. The molecule has 0 aliphatic carbocycles. The molecule has 6 nitrogen and oxygen atoms in total. The van der Waals surface area contributed by atoms with E-state index in [4.69, 9.17) is 4.74 Å². The van der Waals surface area contributed by atoms with Crippen LogP contribution in [0.4, 0.5) is 0 Å². The Kier molecular flexibility index (Phi) is 5.09. The normalized spacial score (nSPS) is 11.8. The number of hydrogen-bond acceptors (Lipinski definition) is 4. The van der Waals surface area contributed by atoms with Crippen LogP contribution in [0.15, 0.2) is 60.8 Å². The first-order valence-electron chi connectivity index (χ1n) is 8.05. The Hall–Kier alpha value is -3.15. The van der Waals surface area contributed by atoms with E-state index in [1.807, 2.05) is 61.5 Å². The predicted molar refractivity (Wildman–Crippen MR) is 94.4 cm³/mol. The minimum Gasteiger partial charge on any atom is -0.496 e. The maximum atomic E-state index is 12.4. The predicted octanol–water partition coefficient (Wildman–Crippen LogP) is 2.83. The Labute approximate surface area is 146 Å². The Balaban J connectivity index is 1.67. The summed E-state index contributed by atoms with van der Waals surface area (Å²) >= 11 is 0. The van der Waals surface area contributed by atoms with Crippen molar-refractivity contribution >= 4 is 5.91 Å². The van der Waals surface area contributed by atoms with Gasteiger partial charge in [0.2, 0.25) is 0 Å². The SMILES string of the molecule is COc1ccccc1[C@@H](C)NC(=O)c1cn(Cc2ccccc2)nn1. The molecule has 0 fully saturated rings. The number of nitrogens with zero attached hydrogens (tertiary/aromatic N) is 3. The van der Waals surface area contributed by atoms with Gasteiger partial charge in [0.05, 0.1) is 25.9 Å². The van der Waals surface area contributed by atoms with Crippen LogP contribution in [0.5, 0.6) is 5.75 Å². The van der Waals surface area contributed by atoms with Gasteiger partial charge in [-0.3, -0.25) is 4.79 Å². The molecule has 2 aromatic carbocycles. The topological polar surface area (TPSA) is 69.0 Å². The van der Waals surface area contributed by atoms with Crippen LogP contribution >= 0.6 is 0 Å². The minimum atomic E-state index is -0.266. The lowest BCUT2D eigenvalue weighted by Crippen LogP contribution is -2.27. The van der Waals surface area contributed by atoms with E-state index in [0.29, 0.717) is 6.54 Å². The van der Waals surface area contributed by atoms with Gasteiger partial charge >= 0.3 is 0 Å². The van der Waals surface area contributed by atoms with Crippen LogP contribution in [-0.2, 0) is 6.54 Å². The van der Waals surface area contributed by atoms with Gasteiger partial charge in [-0.2, -0.15) is 0 Å². The molecule has 1 aromatic heterocycles. The fraction of sp³-hybridized carbons (Fsp3) is 0.211. The first kappa shape index (κ1) is 16.7. The molecular formula is C19H20N4O2. The van der Waals surface area contributed by atoms with E-state index >= 15 is 0 Å². The van der Waals surface area contributed by atoms with Crippen LogP contribution < -0.4 is 10.1 Å². The van der Waals surface area contributed by atoms with Crippen molar-refractivity contribution in [1.82, 2.24) is 20.3 Å². The Morgan fingerprint density at radius 2 is 1.88 bits per heavy atom. The van der Waals surface area contributed by atoms with E-state index < -0.39 is 0 Å². The number of hydrogen-bond donors (Lipinski definition) is 1. The van der Waals surface area contributed by atoms with Gasteiger partial charge in [0.25, 0.3) is 5.91 Å². The summed E-state index contributed by atoms with van der Waals surface area (Å²) in [5.41, 5.74) is 2.30. The number of carbonyl (C=O) groups is 1. The second-order valence-corrected chi connectivity index (χ2v) is 5.72. The number of ether oxygens (including phenoxy) is 1. The van der Waals surface area contributed by atoms with E-state index in [0.717, 1.165) is 16.9 Å². The summed E-state index contributed by atoms with van der Waals surface area (Å²) in [4.78, 5) is 12.4. The van der Waals surface area contributed by atoms with Gasteiger partial charge in [0.15, 0.2) is 5.69 Å². The molecule has 1 amide bonds. The molecule has 0 spiro atoms. The van der Waals surface area contributed by atoms with Gasteiger partial charge in [-0.05, 0) is 18.6 Å². The smallest absolute Gasteiger partial charge is 0.273 e. The van der Waals surface area contributed by atoms with Crippen LogP contribution in [0.1, 0.15) is 34.6 Å². The quantitative estimate of drug-likeness (QED) is 0.751. The lowest BCUT2D eigenvalue weighted by molar-refractivity contribution is 0.0934. The average molecular weight is 336 g/mol. The van der Waals surface area contributed by atoms with Crippen molar-refractivity contribution in [3.63, 3.8) is 0 Å². The zero-order valence-corrected chi connectivity index (χ0v) is 14.2. The zero-order chi connectivity index (χ0) is 17.6. The van der Waals surface area contributed by atoms with Crippen molar-refractivity contribution in [1.29, 1.82) is 0 Å².